The second-order valence-corrected chi connectivity index (χ2v) is 4.39. The fourth-order valence-corrected chi connectivity index (χ4v) is 1.74. The van der Waals surface area contributed by atoms with Gasteiger partial charge in [-0.05, 0) is 15.9 Å². The SMILES string of the molecule is CN(Cc1cnn(C)c1)c1cc(Br)ncn1. The number of nitrogens with zero attached hydrogens (tertiary/aromatic N) is 5. The highest BCUT2D eigenvalue weighted by Gasteiger charge is 2.05. The van der Waals surface area contributed by atoms with E-state index < -0.39 is 0 Å². The summed E-state index contributed by atoms with van der Waals surface area (Å²) in [5.74, 6) is 0.880. The molecule has 84 valence electrons. The molecule has 16 heavy (non-hydrogen) atoms. The van der Waals surface area contributed by atoms with Crippen molar-refractivity contribution in [2.45, 2.75) is 6.54 Å². The van der Waals surface area contributed by atoms with Gasteiger partial charge in [-0.3, -0.25) is 4.68 Å². The van der Waals surface area contributed by atoms with E-state index in [1.807, 2.05) is 37.5 Å². The Kier molecular flexibility index (Phi) is 3.19. The molecule has 0 radical (unpaired) electrons. The summed E-state index contributed by atoms with van der Waals surface area (Å²) < 4.78 is 2.58. The van der Waals surface area contributed by atoms with Gasteiger partial charge in [0, 0.05) is 38.5 Å². The molecule has 0 amide bonds. The summed E-state index contributed by atoms with van der Waals surface area (Å²) in [7, 11) is 3.90. The Bertz CT molecular complexity index is 482. The normalized spacial score (nSPS) is 10.4. The number of aromatic nitrogens is 4. The van der Waals surface area contributed by atoms with Gasteiger partial charge in [-0.2, -0.15) is 5.10 Å². The minimum atomic E-state index is 0.775. The fourth-order valence-electron chi connectivity index (χ4n) is 1.44. The quantitative estimate of drug-likeness (QED) is 0.802. The molecule has 6 heteroatoms. The third-order valence-corrected chi connectivity index (χ3v) is 2.62. The van der Waals surface area contributed by atoms with Gasteiger partial charge in [0.2, 0.25) is 0 Å². The van der Waals surface area contributed by atoms with Crippen molar-refractivity contribution < 1.29 is 0 Å². The standard InChI is InChI=1S/C10H12BrN5/c1-15(5-8-4-14-16(2)6-8)10-3-9(11)12-7-13-10/h3-4,6-7H,5H2,1-2H3. The third-order valence-electron chi connectivity index (χ3n) is 2.19. The van der Waals surface area contributed by atoms with E-state index in [-0.39, 0.29) is 0 Å². The predicted molar refractivity (Wildman–Crippen MR) is 65.0 cm³/mol. The number of hydrogen-bond acceptors (Lipinski definition) is 4. The Morgan fingerprint density at radius 3 is 2.88 bits per heavy atom. The Labute approximate surface area is 102 Å². The maximum atomic E-state index is 4.20. The molecule has 0 aliphatic heterocycles. The van der Waals surface area contributed by atoms with Crippen LogP contribution in [0.1, 0.15) is 5.56 Å². The van der Waals surface area contributed by atoms with Crippen LogP contribution in [0.5, 0.6) is 0 Å². The van der Waals surface area contributed by atoms with E-state index >= 15 is 0 Å². The zero-order valence-electron chi connectivity index (χ0n) is 9.13. The molecule has 2 aromatic heterocycles. The van der Waals surface area contributed by atoms with Gasteiger partial charge in [0.25, 0.3) is 0 Å². The van der Waals surface area contributed by atoms with Crippen LogP contribution < -0.4 is 4.90 Å². The van der Waals surface area contributed by atoms with Crippen molar-refractivity contribution in [3.63, 3.8) is 0 Å². The molecule has 0 bridgehead atoms. The van der Waals surface area contributed by atoms with E-state index in [0.717, 1.165) is 22.5 Å². The molecular formula is C10H12BrN5. The van der Waals surface area contributed by atoms with Crippen molar-refractivity contribution in [2.75, 3.05) is 11.9 Å². The van der Waals surface area contributed by atoms with E-state index in [2.05, 4.69) is 31.0 Å². The van der Waals surface area contributed by atoms with Crippen LogP contribution >= 0.6 is 15.9 Å². The molecule has 2 heterocycles. The first-order valence-electron chi connectivity index (χ1n) is 4.81. The third kappa shape index (κ3) is 2.57. The first-order chi connectivity index (χ1) is 7.65. The molecule has 0 unspecified atom stereocenters. The van der Waals surface area contributed by atoms with Crippen molar-refractivity contribution in [3.8, 4) is 0 Å². The topological polar surface area (TPSA) is 46.8 Å². The summed E-state index contributed by atoms with van der Waals surface area (Å²) in [5, 5.41) is 4.13. The van der Waals surface area contributed by atoms with Crippen LogP contribution in [-0.4, -0.2) is 26.8 Å². The van der Waals surface area contributed by atoms with Crippen molar-refractivity contribution in [1.29, 1.82) is 0 Å². The lowest BCUT2D eigenvalue weighted by Gasteiger charge is -2.16. The minimum absolute atomic E-state index is 0.775. The van der Waals surface area contributed by atoms with Crippen LogP contribution in [0.4, 0.5) is 5.82 Å². The molecule has 5 nitrogen and oxygen atoms in total. The van der Waals surface area contributed by atoms with E-state index in [4.69, 9.17) is 0 Å². The Morgan fingerprint density at radius 1 is 1.44 bits per heavy atom. The summed E-state index contributed by atoms with van der Waals surface area (Å²) in [4.78, 5) is 10.2. The maximum Gasteiger partial charge on any atom is 0.133 e. The number of rotatable bonds is 3. The van der Waals surface area contributed by atoms with Crippen LogP contribution in [0.15, 0.2) is 29.4 Å². The smallest absolute Gasteiger partial charge is 0.133 e. The van der Waals surface area contributed by atoms with E-state index in [1.165, 1.54) is 0 Å². The average molecular weight is 282 g/mol. The Morgan fingerprint density at radius 2 is 2.25 bits per heavy atom. The van der Waals surface area contributed by atoms with Crippen molar-refractivity contribution in [2.24, 2.45) is 7.05 Å². The summed E-state index contributed by atoms with van der Waals surface area (Å²) in [6.45, 7) is 0.775. The molecule has 2 rings (SSSR count). The summed E-state index contributed by atoms with van der Waals surface area (Å²) in [5.41, 5.74) is 1.15. The molecule has 0 aromatic carbocycles. The number of aryl methyl sites for hydroxylation is 1. The lowest BCUT2D eigenvalue weighted by atomic mass is 10.3. The minimum Gasteiger partial charge on any atom is -0.355 e. The van der Waals surface area contributed by atoms with Gasteiger partial charge in [0.1, 0.15) is 16.7 Å². The molecule has 0 saturated carbocycles. The zero-order chi connectivity index (χ0) is 11.5. The van der Waals surface area contributed by atoms with Gasteiger partial charge in [-0.1, -0.05) is 0 Å². The Balaban J connectivity index is 2.11. The van der Waals surface area contributed by atoms with Gasteiger partial charge in [-0.25, -0.2) is 9.97 Å². The monoisotopic (exact) mass is 281 g/mol. The van der Waals surface area contributed by atoms with E-state index in [9.17, 15) is 0 Å². The maximum absolute atomic E-state index is 4.20. The van der Waals surface area contributed by atoms with Gasteiger partial charge in [-0.15, -0.1) is 0 Å². The number of hydrogen-bond donors (Lipinski definition) is 0. The molecule has 0 aliphatic carbocycles. The van der Waals surface area contributed by atoms with Gasteiger partial charge in [0.15, 0.2) is 0 Å². The van der Waals surface area contributed by atoms with Gasteiger partial charge in [0.05, 0.1) is 6.20 Å². The highest BCUT2D eigenvalue weighted by Crippen LogP contribution is 2.15. The largest absolute Gasteiger partial charge is 0.355 e. The van der Waals surface area contributed by atoms with Crippen LogP contribution in [-0.2, 0) is 13.6 Å². The van der Waals surface area contributed by atoms with Crippen LogP contribution in [0, 0.1) is 0 Å². The molecule has 0 saturated heterocycles. The summed E-state index contributed by atoms with van der Waals surface area (Å²) in [6, 6.07) is 1.89. The van der Waals surface area contributed by atoms with Crippen LogP contribution in [0.25, 0.3) is 0 Å². The molecule has 0 atom stereocenters. The molecule has 0 N–H and O–H groups in total. The second-order valence-electron chi connectivity index (χ2n) is 3.58. The number of halogens is 1. The predicted octanol–water partition coefficient (Wildman–Crippen LogP) is 1.61. The fraction of sp³-hybridized carbons (Fsp3) is 0.300. The molecule has 0 aliphatic rings. The van der Waals surface area contributed by atoms with Crippen LogP contribution in [0.3, 0.4) is 0 Å². The van der Waals surface area contributed by atoms with Gasteiger partial charge >= 0.3 is 0 Å². The van der Waals surface area contributed by atoms with E-state index in [1.54, 1.807) is 11.0 Å². The second kappa shape index (κ2) is 4.61. The van der Waals surface area contributed by atoms with Crippen molar-refractivity contribution in [1.82, 2.24) is 19.7 Å². The van der Waals surface area contributed by atoms with Crippen molar-refractivity contribution in [3.05, 3.63) is 35.0 Å². The Hall–Kier alpha value is -1.43. The van der Waals surface area contributed by atoms with Gasteiger partial charge < -0.3 is 4.90 Å². The molecular weight excluding hydrogens is 270 g/mol. The summed E-state index contributed by atoms with van der Waals surface area (Å²) >= 11 is 3.33. The highest BCUT2D eigenvalue weighted by atomic mass is 79.9. The zero-order valence-corrected chi connectivity index (χ0v) is 10.7. The molecule has 2 aromatic rings. The molecule has 0 spiro atoms. The first kappa shape index (κ1) is 11.1. The number of anilines is 1. The van der Waals surface area contributed by atoms with E-state index in [0.29, 0.717) is 0 Å². The van der Waals surface area contributed by atoms with Crippen LogP contribution in [0.2, 0.25) is 0 Å². The highest BCUT2D eigenvalue weighted by molar-refractivity contribution is 9.10. The summed E-state index contributed by atoms with van der Waals surface area (Å²) in [6.07, 6.45) is 5.39. The first-order valence-corrected chi connectivity index (χ1v) is 5.60. The lowest BCUT2D eigenvalue weighted by Crippen LogP contribution is -2.17. The average Bonchev–Trinajstić information content (AvgIpc) is 2.64. The molecule has 0 fully saturated rings. The lowest BCUT2D eigenvalue weighted by molar-refractivity contribution is 0.766. The van der Waals surface area contributed by atoms with Crippen molar-refractivity contribution >= 4 is 21.7 Å².